The first kappa shape index (κ1) is 15.7. The van der Waals surface area contributed by atoms with Gasteiger partial charge in [-0.25, -0.2) is 0 Å². The van der Waals surface area contributed by atoms with Gasteiger partial charge in [0.05, 0.1) is 31.5 Å². The summed E-state index contributed by atoms with van der Waals surface area (Å²) >= 11 is 0. The van der Waals surface area contributed by atoms with Gasteiger partial charge >= 0.3 is 0 Å². The van der Waals surface area contributed by atoms with Crippen LogP contribution >= 0.6 is 0 Å². The molecule has 3 fully saturated rings. The van der Waals surface area contributed by atoms with Gasteiger partial charge < -0.3 is 19.1 Å². The van der Waals surface area contributed by atoms with Crippen molar-refractivity contribution in [2.45, 2.75) is 56.8 Å². The van der Waals surface area contributed by atoms with Crippen molar-refractivity contribution in [3.63, 3.8) is 0 Å². The van der Waals surface area contributed by atoms with Crippen LogP contribution in [-0.4, -0.2) is 63.7 Å². The van der Waals surface area contributed by atoms with E-state index in [2.05, 4.69) is 11.9 Å². The molecular formula is C17H31NO3. The van der Waals surface area contributed by atoms with Gasteiger partial charge in [0.15, 0.2) is 0 Å². The fraction of sp³-hybridized carbons (Fsp3) is 1.00. The van der Waals surface area contributed by atoms with Crippen LogP contribution in [0.2, 0.25) is 0 Å². The smallest absolute Gasteiger partial charge is 0.0829 e. The zero-order valence-electron chi connectivity index (χ0n) is 13.6. The molecule has 3 rings (SSSR count). The molecule has 2 saturated carbocycles. The lowest BCUT2D eigenvalue weighted by molar-refractivity contribution is -0.0924. The molecule has 0 aromatic rings. The van der Waals surface area contributed by atoms with Gasteiger partial charge in [-0.3, -0.25) is 0 Å². The number of rotatable bonds is 9. The molecule has 2 aliphatic carbocycles. The quantitative estimate of drug-likeness (QED) is 0.611. The highest BCUT2D eigenvalue weighted by Gasteiger charge is 2.33. The first-order chi connectivity index (χ1) is 10.2. The van der Waals surface area contributed by atoms with Crippen molar-refractivity contribution in [1.82, 2.24) is 4.90 Å². The highest BCUT2D eigenvalue weighted by Crippen LogP contribution is 2.39. The number of hydrogen-bond acceptors (Lipinski definition) is 4. The minimum Gasteiger partial charge on any atom is -0.381 e. The van der Waals surface area contributed by atoms with Crippen molar-refractivity contribution in [2.24, 2.45) is 11.8 Å². The molecule has 0 aromatic carbocycles. The molecule has 1 aliphatic heterocycles. The molecule has 1 heterocycles. The topological polar surface area (TPSA) is 30.9 Å². The fourth-order valence-corrected chi connectivity index (χ4v) is 3.80. The van der Waals surface area contributed by atoms with Crippen LogP contribution in [-0.2, 0) is 14.2 Å². The Hall–Kier alpha value is -0.160. The summed E-state index contributed by atoms with van der Waals surface area (Å²) < 4.78 is 17.0. The molecule has 0 radical (unpaired) electrons. The Balaban J connectivity index is 1.12. The normalized spacial score (nSPS) is 36.9. The van der Waals surface area contributed by atoms with Crippen LogP contribution in [0.1, 0.15) is 38.5 Å². The lowest BCUT2D eigenvalue weighted by atomic mass is 9.73. The summed E-state index contributed by atoms with van der Waals surface area (Å²) in [4.78, 5) is 2.28. The Labute approximate surface area is 129 Å². The molecule has 0 N–H and O–H groups in total. The number of nitrogens with zero attached hydrogens (tertiary/aromatic N) is 1. The van der Waals surface area contributed by atoms with Gasteiger partial charge in [-0.15, -0.1) is 0 Å². The van der Waals surface area contributed by atoms with Gasteiger partial charge in [0, 0.05) is 20.2 Å². The van der Waals surface area contributed by atoms with Gasteiger partial charge in [-0.2, -0.15) is 0 Å². The number of likely N-dealkylation sites (N-methyl/N-ethyl adjacent to an activating group) is 1. The van der Waals surface area contributed by atoms with Gasteiger partial charge in [0.2, 0.25) is 0 Å². The maximum absolute atomic E-state index is 5.88. The van der Waals surface area contributed by atoms with Gasteiger partial charge in [0.25, 0.3) is 0 Å². The second-order valence-corrected chi connectivity index (χ2v) is 7.32. The Morgan fingerprint density at radius 2 is 1.33 bits per heavy atom. The maximum atomic E-state index is 5.88. The van der Waals surface area contributed by atoms with Crippen LogP contribution in [0.5, 0.6) is 0 Å². The Morgan fingerprint density at radius 1 is 0.810 bits per heavy atom. The summed E-state index contributed by atoms with van der Waals surface area (Å²) in [7, 11) is 3.96. The van der Waals surface area contributed by atoms with Crippen molar-refractivity contribution < 1.29 is 14.2 Å². The minimum absolute atomic E-state index is 0.450. The summed E-state index contributed by atoms with van der Waals surface area (Å²) in [6, 6.07) is 0. The zero-order chi connectivity index (χ0) is 14.7. The predicted molar refractivity (Wildman–Crippen MR) is 82.5 cm³/mol. The standard InChI is InChI=1S/C17H31NO3/c1-18-11-17(12-18)21-6-5-20-16-9-14(10-16)4-3-13-7-15(8-13)19-2/h13-17H,3-12H2,1-2H3. The molecule has 122 valence electrons. The summed E-state index contributed by atoms with van der Waals surface area (Å²) in [5.41, 5.74) is 0. The highest BCUT2D eigenvalue weighted by atomic mass is 16.5. The summed E-state index contributed by atoms with van der Waals surface area (Å²) in [5, 5.41) is 0. The van der Waals surface area contributed by atoms with Crippen LogP contribution in [0.25, 0.3) is 0 Å². The van der Waals surface area contributed by atoms with Crippen LogP contribution in [0.15, 0.2) is 0 Å². The average molecular weight is 297 g/mol. The van der Waals surface area contributed by atoms with Crippen molar-refractivity contribution in [1.29, 1.82) is 0 Å². The highest BCUT2D eigenvalue weighted by molar-refractivity contribution is 4.85. The van der Waals surface area contributed by atoms with E-state index in [0.29, 0.717) is 18.3 Å². The number of hydrogen-bond donors (Lipinski definition) is 0. The van der Waals surface area contributed by atoms with E-state index in [1.807, 2.05) is 7.11 Å². The third-order valence-corrected chi connectivity index (χ3v) is 5.52. The van der Waals surface area contributed by atoms with Crippen LogP contribution in [0, 0.1) is 11.8 Å². The predicted octanol–water partition coefficient (Wildman–Crippen LogP) is 2.32. The Bertz CT molecular complexity index is 307. The molecule has 0 unspecified atom stereocenters. The molecule has 0 bridgehead atoms. The Kier molecular flexibility index (Phi) is 5.54. The van der Waals surface area contributed by atoms with Crippen LogP contribution < -0.4 is 0 Å². The molecular weight excluding hydrogens is 266 g/mol. The third kappa shape index (κ3) is 4.41. The van der Waals surface area contributed by atoms with Crippen LogP contribution in [0.3, 0.4) is 0 Å². The molecule has 21 heavy (non-hydrogen) atoms. The third-order valence-electron chi connectivity index (χ3n) is 5.52. The van der Waals surface area contributed by atoms with E-state index in [-0.39, 0.29) is 0 Å². The van der Waals surface area contributed by atoms with E-state index in [9.17, 15) is 0 Å². The van der Waals surface area contributed by atoms with Crippen molar-refractivity contribution in [3.05, 3.63) is 0 Å². The van der Waals surface area contributed by atoms with E-state index in [1.165, 1.54) is 38.5 Å². The molecule has 3 aliphatic rings. The second kappa shape index (κ2) is 7.40. The maximum Gasteiger partial charge on any atom is 0.0829 e. The van der Waals surface area contributed by atoms with Crippen molar-refractivity contribution in [3.8, 4) is 0 Å². The lowest BCUT2D eigenvalue weighted by Gasteiger charge is -2.39. The van der Waals surface area contributed by atoms with E-state index in [1.54, 1.807) is 0 Å². The van der Waals surface area contributed by atoms with Gasteiger partial charge in [-0.05, 0) is 57.4 Å². The van der Waals surface area contributed by atoms with E-state index >= 15 is 0 Å². The van der Waals surface area contributed by atoms with Gasteiger partial charge in [-0.1, -0.05) is 0 Å². The van der Waals surface area contributed by atoms with E-state index < -0.39 is 0 Å². The van der Waals surface area contributed by atoms with Crippen molar-refractivity contribution in [2.75, 3.05) is 40.5 Å². The summed E-state index contributed by atoms with van der Waals surface area (Å²) in [5.74, 6) is 1.85. The summed E-state index contributed by atoms with van der Waals surface area (Å²) in [6.07, 6.45) is 9.43. The largest absolute Gasteiger partial charge is 0.381 e. The minimum atomic E-state index is 0.450. The number of likely N-dealkylation sites (tertiary alicyclic amines) is 1. The fourth-order valence-electron chi connectivity index (χ4n) is 3.80. The zero-order valence-corrected chi connectivity index (χ0v) is 13.6. The number of ether oxygens (including phenoxy) is 3. The second-order valence-electron chi connectivity index (χ2n) is 7.32. The molecule has 0 amide bonds. The monoisotopic (exact) mass is 297 g/mol. The number of methoxy groups -OCH3 is 1. The van der Waals surface area contributed by atoms with Crippen LogP contribution in [0.4, 0.5) is 0 Å². The molecule has 1 saturated heterocycles. The first-order valence-electron chi connectivity index (χ1n) is 8.67. The Morgan fingerprint density at radius 3 is 1.86 bits per heavy atom. The molecule has 0 atom stereocenters. The van der Waals surface area contributed by atoms with Gasteiger partial charge in [0.1, 0.15) is 0 Å². The van der Waals surface area contributed by atoms with Crippen molar-refractivity contribution >= 4 is 0 Å². The summed E-state index contributed by atoms with van der Waals surface area (Å²) in [6.45, 7) is 3.70. The molecule has 0 spiro atoms. The average Bonchev–Trinajstić information content (AvgIpc) is 2.34. The lowest BCUT2D eigenvalue weighted by Crippen LogP contribution is -2.50. The first-order valence-corrected chi connectivity index (χ1v) is 8.67. The van der Waals surface area contributed by atoms with E-state index in [0.717, 1.165) is 38.1 Å². The SMILES string of the molecule is COC1CC(CCC2CC(OCCOC3CN(C)C3)C2)C1. The molecule has 0 aromatic heterocycles. The molecule has 4 nitrogen and oxygen atoms in total. The van der Waals surface area contributed by atoms with E-state index in [4.69, 9.17) is 14.2 Å². The molecule has 4 heteroatoms.